The van der Waals surface area contributed by atoms with Gasteiger partial charge in [-0.2, -0.15) is 4.39 Å². The topological polar surface area (TPSA) is 81.2 Å². The lowest BCUT2D eigenvalue weighted by Crippen LogP contribution is -2.21. The van der Waals surface area contributed by atoms with E-state index < -0.39 is 22.2 Å². The summed E-state index contributed by atoms with van der Waals surface area (Å²) >= 11 is 0. The van der Waals surface area contributed by atoms with Crippen molar-refractivity contribution in [1.29, 1.82) is 0 Å². The molecule has 7 heteroatoms. The van der Waals surface area contributed by atoms with Gasteiger partial charge in [-0.15, -0.1) is 0 Å². The number of halogens is 2. The van der Waals surface area contributed by atoms with Crippen molar-refractivity contribution in [2.45, 2.75) is 6.54 Å². The first-order valence-electron chi connectivity index (χ1n) is 3.62. The Bertz CT molecular complexity index is 370. The summed E-state index contributed by atoms with van der Waals surface area (Å²) in [6.07, 6.45) is 0. The highest BCUT2D eigenvalue weighted by molar-refractivity contribution is 5.36. The molecule has 0 aliphatic carbocycles. The Hall–Kier alpha value is -1.60. The van der Waals surface area contributed by atoms with Crippen LogP contribution in [0.4, 0.5) is 14.5 Å². The zero-order chi connectivity index (χ0) is 10.7. The van der Waals surface area contributed by atoms with E-state index in [0.717, 1.165) is 6.07 Å². The lowest BCUT2D eigenvalue weighted by Gasteiger charge is -2.02. The molecule has 0 atom stereocenters. The molecule has 0 unspecified atom stereocenters. The summed E-state index contributed by atoms with van der Waals surface area (Å²) < 4.78 is 25.9. The average molecular weight is 203 g/mol. The van der Waals surface area contributed by atoms with E-state index in [1.54, 1.807) is 0 Å². The van der Waals surface area contributed by atoms with Gasteiger partial charge in [-0.1, -0.05) is 0 Å². The lowest BCUT2D eigenvalue weighted by molar-refractivity contribution is -0.387. The predicted octanol–water partition coefficient (Wildman–Crippen LogP) is 0.836. The number of nitro benzene ring substituents is 1. The van der Waals surface area contributed by atoms with Gasteiger partial charge in [-0.05, 0) is 6.07 Å². The molecule has 0 fully saturated rings. The van der Waals surface area contributed by atoms with E-state index in [0.29, 0.717) is 6.07 Å². The molecule has 1 aromatic rings. The Morgan fingerprint density at radius 2 is 2.07 bits per heavy atom. The number of rotatable bonds is 3. The SMILES string of the molecule is NNCc1cc(F)c([N+](=O)[O-])cc1F. The minimum absolute atomic E-state index is 0.0596. The van der Waals surface area contributed by atoms with Crippen molar-refractivity contribution >= 4 is 5.69 Å². The summed E-state index contributed by atoms with van der Waals surface area (Å²) in [5.41, 5.74) is 1.18. The molecule has 0 amide bonds. The summed E-state index contributed by atoms with van der Waals surface area (Å²) in [6.45, 7) is -0.0965. The number of hydrazine groups is 1. The van der Waals surface area contributed by atoms with Gasteiger partial charge in [0, 0.05) is 12.1 Å². The molecular formula is C7H7F2N3O2. The van der Waals surface area contributed by atoms with Gasteiger partial charge < -0.3 is 0 Å². The highest BCUT2D eigenvalue weighted by Gasteiger charge is 2.17. The highest BCUT2D eigenvalue weighted by Crippen LogP contribution is 2.20. The Kier molecular flexibility index (Phi) is 3.05. The molecule has 0 radical (unpaired) electrons. The fourth-order valence-corrected chi connectivity index (χ4v) is 0.963. The van der Waals surface area contributed by atoms with Crippen LogP contribution < -0.4 is 11.3 Å². The van der Waals surface area contributed by atoms with E-state index in [9.17, 15) is 18.9 Å². The number of hydrogen-bond acceptors (Lipinski definition) is 4. The molecule has 0 aliphatic heterocycles. The first-order valence-corrected chi connectivity index (χ1v) is 3.62. The van der Waals surface area contributed by atoms with Crippen LogP contribution in [0, 0.1) is 21.7 Å². The molecule has 3 N–H and O–H groups in total. The van der Waals surface area contributed by atoms with Gasteiger partial charge in [-0.25, -0.2) is 4.39 Å². The highest BCUT2D eigenvalue weighted by atomic mass is 19.1. The minimum atomic E-state index is -1.08. The fourth-order valence-electron chi connectivity index (χ4n) is 0.963. The second-order valence-electron chi connectivity index (χ2n) is 2.53. The zero-order valence-electron chi connectivity index (χ0n) is 6.96. The van der Waals surface area contributed by atoms with Crippen LogP contribution in [0.1, 0.15) is 5.56 Å². The Morgan fingerprint density at radius 1 is 1.43 bits per heavy atom. The lowest BCUT2D eigenvalue weighted by atomic mass is 10.2. The van der Waals surface area contributed by atoms with Crippen LogP contribution in [0.15, 0.2) is 12.1 Å². The van der Waals surface area contributed by atoms with Crippen molar-refractivity contribution in [1.82, 2.24) is 5.43 Å². The van der Waals surface area contributed by atoms with Gasteiger partial charge in [0.25, 0.3) is 0 Å². The Labute approximate surface area is 77.6 Å². The fraction of sp³-hybridized carbons (Fsp3) is 0.143. The van der Waals surface area contributed by atoms with E-state index in [-0.39, 0.29) is 12.1 Å². The van der Waals surface area contributed by atoms with Crippen LogP contribution in [0.3, 0.4) is 0 Å². The molecule has 76 valence electrons. The molecule has 0 saturated carbocycles. The second-order valence-corrected chi connectivity index (χ2v) is 2.53. The quantitative estimate of drug-likeness (QED) is 0.433. The normalized spacial score (nSPS) is 10.2. The molecule has 0 saturated heterocycles. The summed E-state index contributed by atoms with van der Waals surface area (Å²) in [5, 5.41) is 10.2. The van der Waals surface area contributed by atoms with Crippen molar-refractivity contribution in [3.63, 3.8) is 0 Å². The van der Waals surface area contributed by atoms with Gasteiger partial charge in [0.05, 0.1) is 11.0 Å². The summed E-state index contributed by atoms with van der Waals surface area (Å²) in [6, 6.07) is 1.27. The van der Waals surface area contributed by atoms with Crippen LogP contribution >= 0.6 is 0 Å². The first-order chi connectivity index (χ1) is 6.56. The second kappa shape index (κ2) is 4.07. The molecule has 1 rings (SSSR count). The molecule has 0 aliphatic rings. The molecule has 5 nitrogen and oxygen atoms in total. The van der Waals surface area contributed by atoms with Crippen LogP contribution in [-0.2, 0) is 6.54 Å². The summed E-state index contributed by atoms with van der Waals surface area (Å²) in [7, 11) is 0. The maximum Gasteiger partial charge on any atom is 0.307 e. The molecule has 0 aromatic heterocycles. The van der Waals surface area contributed by atoms with Gasteiger partial charge >= 0.3 is 5.69 Å². The smallest absolute Gasteiger partial charge is 0.271 e. The van der Waals surface area contributed by atoms with Crippen LogP contribution in [-0.4, -0.2) is 4.92 Å². The van der Waals surface area contributed by atoms with E-state index >= 15 is 0 Å². The van der Waals surface area contributed by atoms with Gasteiger partial charge in [0.15, 0.2) is 0 Å². The van der Waals surface area contributed by atoms with Crippen LogP contribution in [0.2, 0.25) is 0 Å². The minimum Gasteiger partial charge on any atom is -0.271 e. The standard InChI is InChI=1S/C7H7F2N3O2/c8-5-2-7(12(13)14)6(9)1-4(5)3-11-10/h1-2,11H,3,10H2. The molecule has 14 heavy (non-hydrogen) atoms. The van der Waals surface area contributed by atoms with Crippen LogP contribution in [0.5, 0.6) is 0 Å². The third-order valence-electron chi connectivity index (χ3n) is 1.61. The average Bonchev–Trinajstić information content (AvgIpc) is 2.10. The maximum atomic E-state index is 13.0. The summed E-state index contributed by atoms with van der Waals surface area (Å²) in [5.74, 6) is 2.96. The number of nitrogens with two attached hydrogens (primary N) is 1. The van der Waals surface area contributed by atoms with Gasteiger partial charge in [-0.3, -0.25) is 21.4 Å². The third-order valence-corrected chi connectivity index (χ3v) is 1.61. The van der Waals surface area contributed by atoms with E-state index in [4.69, 9.17) is 5.84 Å². The Balaban J connectivity index is 3.17. The van der Waals surface area contributed by atoms with Crippen molar-refractivity contribution in [3.05, 3.63) is 39.4 Å². The largest absolute Gasteiger partial charge is 0.307 e. The number of nitro groups is 1. The van der Waals surface area contributed by atoms with Crippen molar-refractivity contribution in [2.75, 3.05) is 0 Å². The van der Waals surface area contributed by atoms with Crippen molar-refractivity contribution in [3.8, 4) is 0 Å². The molecule has 0 heterocycles. The number of nitrogens with one attached hydrogen (secondary N) is 1. The van der Waals surface area contributed by atoms with Gasteiger partial charge in [0.1, 0.15) is 5.82 Å². The molecule has 1 aromatic carbocycles. The first kappa shape index (κ1) is 10.5. The van der Waals surface area contributed by atoms with Crippen LogP contribution in [0.25, 0.3) is 0 Å². The maximum absolute atomic E-state index is 13.0. The molecule has 0 bridgehead atoms. The van der Waals surface area contributed by atoms with E-state index in [1.165, 1.54) is 0 Å². The van der Waals surface area contributed by atoms with E-state index in [2.05, 4.69) is 5.43 Å². The van der Waals surface area contributed by atoms with E-state index in [1.807, 2.05) is 0 Å². The van der Waals surface area contributed by atoms with Crippen molar-refractivity contribution in [2.24, 2.45) is 5.84 Å². The number of nitrogens with zero attached hydrogens (tertiary/aromatic N) is 1. The van der Waals surface area contributed by atoms with Crippen molar-refractivity contribution < 1.29 is 13.7 Å². The monoisotopic (exact) mass is 203 g/mol. The third kappa shape index (κ3) is 2.01. The number of hydrogen-bond donors (Lipinski definition) is 2. The Morgan fingerprint density at radius 3 is 2.57 bits per heavy atom. The van der Waals surface area contributed by atoms with Gasteiger partial charge in [0.2, 0.25) is 5.82 Å². The predicted molar refractivity (Wildman–Crippen MR) is 44.0 cm³/mol. The molecule has 0 spiro atoms. The zero-order valence-corrected chi connectivity index (χ0v) is 6.96. The summed E-state index contributed by atoms with van der Waals surface area (Å²) in [4.78, 5) is 9.21. The molecular weight excluding hydrogens is 196 g/mol. The number of benzene rings is 1.